The van der Waals surface area contributed by atoms with Crippen LogP contribution < -0.4 is 4.74 Å². The molecule has 1 amide bonds. The molecule has 0 saturated heterocycles. The SMILES string of the molecule is CCN(CC)C(=O)C(Cl)c1ccc(OC(C)C)cc1. The summed E-state index contributed by atoms with van der Waals surface area (Å²) in [6, 6.07) is 7.38. The van der Waals surface area contributed by atoms with Crippen molar-refractivity contribution in [3.63, 3.8) is 0 Å². The summed E-state index contributed by atoms with van der Waals surface area (Å²) >= 11 is 6.24. The lowest BCUT2D eigenvalue weighted by Crippen LogP contribution is -2.33. The maximum atomic E-state index is 12.1. The molecule has 1 aromatic carbocycles. The second kappa shape index (κ2) is 7.39. The molecule has 4 heteroatoms. The van der Waals surface area contributed by atoms with Gasteiger partial charge >= 0.3 is 0 Å². The second-order valence-electron chi connectivity index (χ2n) is 4.61. The predicted octanol–water partition coefficient (Wildman–Crippen LogP) is 3.62. The van der Waals surface area contributed by atoms with Gasteiger partial charge in [0.25, 0.3) is 0 Å². The third kappa shape index (κ3) is 4.43. The number of nitrogens with zero attached hydrogens (tertiary/aromatic N) is 1. The number of halogens is 1. The minimum atomic E-state index is -0.631. The number of rotatable bonds is 6. The molecule has 1 aromatic rings. The van der Waals surface area contributed by atoms with Crippen LogP contribution in [0.5, 0.6) is 5.75 Å². The van der Waals surface area contributed by atoms with Crippen molar-refractivity contribution in [2.24, 2.45) is 0 Å². The normalized spacial score (nSPS) is 12.3. The average molecular weight is 284 g/mol. The highest BCUT2D eigenvalue weighted by Crippen LogP contribution is 2.25. The van der Waals surface area contributed by atoms with Crippen molar-refractivity contribution in [2.45, 2.75) is 39.2 Å². The molecule has 0 aliphatic heterocycles. The van der Waals surface area contributed by atoms with Crippen LogP contribution in [0.4, 0.5) is 0 Å². The number of alkyl halides is 1. The number of ether oxygens (including phenoxy) is 1. The Morgan fingerprint density at radius 2 is 1.74 bits per heavy atom. The van der Waals surface area contributed by atoms with Gasteiger partial charge in [-0.1, -0.05) is 12.1 Å². The molecule has 1 atom stereocenters. The van der Waals surface area contributed by atoms with E-state index < -0.39 is 5.38 Å². The smallest absolute Gasteiger partial charge is 0.245 e. The van der Waals surface area contributed by atoms with Crippen LogP contribution >= 0.6 is 11.6 Å². The van der Waals surface area contributed by atoms with E-state index in [9.17, 15) is 4.79 Å². The molecule has 0 aliphatic rings. The Morgan fingerprint density at radius 3 is 2.16 bits per heavy atom. The molecule has 106 valence electrons. The van der Waals surface area contributed by atoms with E-state index in [0.29, 0.717) is 13.1 Å². The Morgan fingerprint density at radius 1 is 1.21 bits per heavy atom. The van der Waals surface area contributed by atoms with E-state index in [2.05, 4.69) is 0 Å². The van der Waals surface area contributed by atoms with Gasteiger partial charge in [0, 0.05) is 13.1 Å². The van der Waals surface area contributed by atoms with E-state index in [0.717, 1.165) is 11.3 Å². The molecule has 0 spiro atoms. The molecular formula is C15H22ClNO2. The van der Waals surface area contributed by atoms with Crippen LogP contribution in [-0.2, 0) is 4.79 Å². The van der Waals surface area contributed by atoms with Crippen LogP contribution in [-0.4, -0.2) is 30.0 Å². The minimum Gasteiger partial charge on any atom is -0.491 e. The highest BCUT2D eigenvalue weighted by Gasteiger charge is 2.21. The predicted molar refractivity (Wildman–Crippen MR) is 78.7 cm³/mol. The van der Waals surface area contributed by atoms with Crippen molar-refractivity contribution in [2.75, 3.05) is 13.1 Å². The van der Waals surface area contributed by atoms with Crippen LogP contribution in [0.1, 0.15) is 38.6 Å². The molecule has 0 bridgehead atoms. The maximum absolute atomic E-state index is 12.1. The first-order valence-electron chi connectivity index (χ1n) is 6.69. The van der Waals surface area contributed by atoms with Gasteiger partial charge in [-0.05, 0) is 45.4 Å². The van der Waals surface area contributed by atoms with Crippen molar-refractivity contribution >= 4 is 17.5 Å². The van der Waals surface area contributed by atoms with Crippen molar-refractivity contribution in [3.8, 4) is 5.75 Å². The van der Waals surface area contributed by atoms with Crippen molar-refractivity contribution in [1.29, 1.82) is 0 Å². The fourth-order valence-electron chi connectivity index (χ4n) is 1.83. The van der Waals surface area contributed by atoms with Crippen molar-refractivity contribution in [1.82, 2.24) is 4.90 Å². The fourth-order valence-corrected chi connectivity index (χ4v) is 2.11. The summed E-state index contributed by atoms with van der Waals surface area (Å²) in [5, 5.41) is -0.631. The lowest BCUT2D eigenvalue weighted by molar-refractivity contribution is -0.130. The third-order valence-corrected chi connectivity index (χ3v) is 3.28. The highest BCUT2D eigenvalue weighted by atomic mass is 35.5. The number of carbonyl (C=O) groups excluding carboxylic acids is 1. The lowest BCUT2D eigenvalue weighted by atomic mass is 10.1. The quantitative estimate of drug-likeness (QED) is 0.746. The molecule has 0 aromatic heterocycles. The van der Waals surface area contributed by atoms with Gasteiger partial charge < -0.3 is 9.64 Å². The molecule has 0 fully saturated rings. The molecule has 0 saturated carbocycles. The standard InChI is InChI=1S/C15H22ClNO2/c1-5-17(6-2)15(18)14(16)12-7-9-13(10-8-12)19-11(3)4/h7-11,14H,5-6H2,1-4H3. The molecule has 0 heterocycles. The molecule has 0 N–H and O–H groups in total. The number of amides is 1. The van der Waals surface area contributed by atoms with Crippen LogP contribution in [0.15, 0.2) is 24.3 Å². The minimum absolute atomic E-state index is 0.0517. The molecule has 19 heavy (non-hydrogen) atoms. The maximum Gasteiger partial charge on any atom is 0.245 e. The van der Waals surface area contributed by atoms with Gasteiger partial charge in [0.2, 0.25) is 5.91 Å². The second-order valence-corrected chi connectivity index (χ2v) is 5.05. The first-order chi connectivity index (χ1) is 8.99. The number of hydrogen-bond acceptors (Lipinski definition) is 2. The molecule has 0 aliphatic carbocycles. The highest BCUT2D eigenvalue weighted by molar-refractivity contribution is 6.30. The molecule has 0 radical (unpaired) electrons. The number of carbonyl (C=O) groups is 1. The summed E-state index contributed by atoms with van der Waals surface area (Å²) in [6.45, 7) is 9.19. The Hall–Kier alpha value is -1.22. The number of likely N-dealkylation sites (N-methyl/N-ethyl adjacent to an activating group) is 1. The third-order valence-electron chi connectivity index (χ3n) is 2.84. The van der Waals surface area contributed by atoms with E-state index in [1.807, 2.05) is 52.0 Å². The van der Waals surface area contributed by atoms with E-state index in [-0.39, 0.29) is 12.0 Å². The van der Waals surface area contributed by atoms with Crippen LogP contribution in [0, 0.1) is 0 Å². The van der Waals surface area contributed by atoms with E-state index in [4.69, 9.17) is 16.3 Å². The first kappa shape index (κ1) is 15.8. The largest absolute Gasteiger partial charge is 0.491 e. The zero-order valence-corrected chi connectivity index (χ0v) is 12.8. The van der Waals surface area contributed by atoms with Crippen LogP contribution in [0.2, 0.25) is 0 Å². The Bertz CT molecular complexity index is 399. The Labute approximate surface area is 120 Å². The zero-order valence-electron chi connectivity index (χ0n) is 12.0. The van der Waals surface area contributed by atoms with Gasteiger partial charge in [-0.15, -0.1) is 11.6 Å². The summed E-state index contributed by atoms with van der Waals surface area (Å²) in [4.78, 5) is 13.9. The van der Waals surface area contributed by atoms with Gasteiger partial charge in [-0.3, -0.25) is 4.79 Å². The Kier molecular flexibility index (Phi) is 6.16. The molecular weight excluding hydrogens is 262 g/mol. The van der Waals surface area contributed by atoms with Crippen LogP contribution in [0.3, 0.4) is 0 Å². The van der Waals surface area contributed by atoms with Crippen LogP contribution in [0.25, 0.3) is 0 Å². The van der Waals surface area contributed by atoms with E-state index >= 15 is 0 Å². The summed E-state index contributed by atoms with van der Waals surface area (Å²) in [7, 11) is 0. The molecule has 1 unspecified atom stereocenters. The summed E-state index contributed by atoms with van der Waals surface area (Å²) < 4.78 is 5.56. The van der Waals surface area contributed by atoms with E-state index in [1.165, 1.54) is 0 Å². The molecule has 1 rings (SSSR count). The Balaban J connectivity index is 2.77. The average Bonchev–Trinajstić information content (AvgIpc) is 2.39. The van der Waals surface area contributed by atoms with Gasteiger partial charge in [0.05, 0.1) is 6.10 Å². The summed E-state index contributed by atoms with van der Waals surface area (Å²) in [5.41, 5.74) is 0.801. The zero-order chi connectivity index (χ0) is 14.4. The van der Waals surface area contributed by atoms with Gasteiger partial charge in [0.1, 0.15) is 11.1 Å². The fraction of sp³-hybridized carbons (Fsp3) is 0.533. The van der Waals surface area contributed by atoms with Crippen molar-refractivity contribution in [3.05, 3.63) is 29.8 Å². The van der Waals surface area contributed by atoms with Gasteiger partial charge in [0.15, 0.2) is 0 Å². The molecule has 3 nitrogen and oxygen atoms in total. The lowest BCUT2D eigenvalue weighted by Gasteiger charge is -2.22. The first-order valence-corrected chi connectivity index (χ1v) is 7.12. The van der Waals surface area contributed by atoms with Gasteiger partial charge in [-0.2, -0.15) is 0 Å². The topological polar surface area (TPSA) is 29.5 Å². The summed E-state index contributed by atoms with van der Waals surface area (Å²) in [5.74, 6) is 0.738. The van der Waals surface area contributed by atoms with Gasteiger partial charge in [-0.25, -0.2) is 0 Å². The van der Waals surface area contributed by atoms with E-state index in [1.54, 1.807) is 4.90 Å². The number of hydrogen-bond donors (Lipinski definition) is 0. The summed E-state index contributed by atoms with van der Waals surface area (Å²) in [6.07, 6.45) is 0.134. The van der Waals surface area contributed by atoms with Crippen molar-refractivity contribution < 1.29 is 9.53 Å². The number of benzene rings is 1. The monoisotopic (exact) mass is 283 g/mol.